The van der Waals surface area contributed by atoms with Crippen molar-refractivity contribution in [2.45, 2.75) is 38.3 Å². The Bertz CT molecular complexity index is 1030. The molecule has 2 N–H and O–H groups in total. The van der Waals surface area contributed by atoms with Gasteiger partial charge in [-0.3, -0.25) is 0 Å². The molecule has 0 amide bonds. The smallest absolute Gasteiger partial charge is 0.225 e. The van der Waals surface area contributed by atoms with Crippen LogP contribution in [0, 0.1) is 11.7 Å². The maximum Gasteiger partial charge on any atom is 0.225 e. The SMILES string of the molecule is CN(C)c1nc(N[C@H]2CC[C@@H](CNCc3ccc(F)cc3Cl)CC2)nc2ccccc12. The van der Waals surface area contributed by atoms with Crippen molar-refractivity contribution in [1.29, 1.82) is 0 Å². The average Bonchev–Trinajstić information content (AvgIpc) is 2.76. The first kappa shape index (κ1) is 21.8. The van der Waals surface area contributed by atoms with Crippen LogP contribution in [0.2, 0.25) is 5.02 Å². The number of hydrogen-bond donors (Lipinski definition) is 2. The molecule has 0 bridgehead atoms. The van der Waals surface area contributed by atoms with Crippen molar-refractivity contribution in [3.8, 4) is 0 Å². The minimum absolute atomic E-state index is 0.298. The van der Waals surface area contributed by atoms with Crippen LogP contribution in [0.3, 0.4) is 0 Å². The van der Waals surface area contributed by atoms with Crippen LogP contribution in [-0.2, 0) is 6.54 Å². The number of nitrogens with zero attached hydrogens (tertiary/aromatic N) is 3. The van der Waals surface area contributed by atoms with E-state index in [1.165, 1.54) is 12.1 Å². The highest BCUT2D eigenvalue weighted by Gasteiger charge is 2.22. The van der Waals surface area contributed by atoms with Crippen LogP contribution in [-0.4, -0.2) is 36.6 Å². The van der Waals surface area contributed by atoms with E-state index in [0.29, 0.717) is 29.5 Å². The molecule has 0 saturated heterocycles. The summed E-state index contributed by atoms with van der Waals surface area (Å²) in [5.74, 6) is 1.97. The lowest BCUT2D eigenvalue weighted by Gasteiger charge is -2.29. The zero-order valence-electron chi connectivity index (χ0n) is 18.0. The number of hydrogen-bond acceptors (Lipinski definition) is 5. The molecule has 7 heteroatoms. The van der Waals surface area contributed by atoms with E-state index in [-0.39, 0.29) is 5.82 Å². The van der Waals surface area contributed by atoms with E-state index in [2.05, 4.69) is 16.7 Å². The van der Waals surface area contributed by atoms with Crippen molar-refractivity contribution in [2.75, 3.05) is 30.9 Å². The number of aromatic nitrogens is 2. The quantitative estimate of drug-likeness (QED) is 0.524. The third-order valence-corrected chi connectivity index (χ3v) is 6.30. The predicted octanol–water partition coefficient (Wildman–Crippen LogP) is 5.25. The third-order valence-electron chi connectivity index (χ3n) is 5.95. The van der Waals surface area contributed by atoms with Crippen molar-refractivity contribution in [3.05, 3.63) is 58.9 Å². The van der Waals surface area contributed by atoms with Crippen molar-refractivity contribution >= 4 is 34.3 Å². The van der Waals surface area contributed by atoms with E-state index >= 15 is 0 Å². The molecule has 0 aliphatic heterocycles. The van der Waals surface area contributed by atoms with Gasteiger partial charge in [0.25, 0.3) is 0 Å². The second-order valence-corrected chi connectivity index (χ2v) is 8.92. The van der Waals surface area contributed by atoms with Crippen LogP contribution in [0.15, 0.2) is 42.5 Å². The molecule has 4 rings (SSSR count). The van der Waals surface area contributed by atoms with E-state index in [0.717, 1.165) is 54.5 Å². The Morgan fingerprint density at radius 3 is 2.58 bits per heavy atom. The number of para-hydroxylation sites is 1. The van der Waals surface area contributed by atoms with Gasteiger partial charge in [0.05, 0.1) is 5.52 Å². The molecule has 2 aromatic carbocycles. The fourth-order valence-electron chi connectivity index (χ4n) is 4.23. The first-order valence-electron chi connectivity index (χ1n) is 10.8. The number of fused-ring (bicyclic) bond motifs is 1. The van der Waals surface area contributed by atoms with Crippen LogP contribution in [0.1, 0.15) is 31.2 Å². The highest BCUT2D eigenvalue weighted by atomic mass is 35.5. The van der Waals surface area contributed by atoms with Gasteiger partial charge in [-0.25, -0.2) is 9.37 Å². The topological polar surface area (TPSA) is 53.1 Å². The molecule has 31 heavy (non-hydrogen) atoms. The maximum absolute atomic E-state index is 13.2. The molecule has 1 aliphatic carbocycles. The molecule has 0 radical (unpaired) electrons. The van der Waals surface area contributed by atoms with E-state index in [4.69, 9.17) is 21.6 Å². The number of nitrogens with one attached hydrogen (secondary N) is 2. The first-order valence-corrected chi connectivity index (χ1v) is 11.2. The van der Waals surface area contributed by atoms with Crippen molar-refractivity contribution in [1.82, 2.24) is 15.3 Å². The van der Waals surface area contributed by atoms with Gasteiger partial charge in [0.2, 0.25) is 5.95 Å². The highest BCUT2D eigenvalue weighted by molar-refractivity contribution is 6.31. The summed E-state index contributed by atoms with van der Waals surface area (Å²) >= 11 is 6.11. The Kier molecular flexibility index (Phi) is 6.88. The Morgan fingerprint density at radius 2 is 1.84 bits per heavy atom. The van der Waals surface area contributed by atoms with Gasteiger partial charge >= 0.3 is 0 Å². The maximum atomic E-state index is 13.2. The second kappa shape index (κ2) is 9.79. The number of rotatable bonds is 7. The standard InChI is InChI=1S/C24H29ClFN5/c1-31(2)23-20-5-3-4-6-22(20)29-24(30-23)28-19-11-7-16(8-12-19)14-27-15-17-9-10-18(26)13-21(17)25/h3-6,9-10,13,16,19,27H,7-8,11-12,14-15H2,1-2H3,(H,28,29,30)/t16-,19+. The molecule has 1 saturated carbocycles. The van der Waals surface area contributed by atoms with Gasteiger partial charge in [-0.05, 0) is 68.0 Å². The first-order chi connectivity index (χ1) is 15.0. The molecule has 3 aromatic rings. The fourth-order valence-corrected chi connectivity index (χ4v) is 4.47. The third kappa shape index (κ3) is 5.43. The molecule has 164 valence electrons. The minimum Gasteiger partial charge on any atom is -0.362 e. The van der Waals surface area contributed by atoms with Crippen LogP contribution in [0.25, 0.3) is 10.9 Å². The van der Waals surface area contributed by atoms with Gasteiger partial charge in [0.15, 0.2) is 0 Å². The Labute approximate surface area is 188 Å². The molecular weight excluding hydrogens is 413 g/mol. The Morgan fingerprint density at radius 1 is 1.06 bits per heavy atom. The molecule has 1 aliphatic rings. The van der Waals surface area contributed by atoms with Crippen LogP contribution >= 0.6 is 11.6 Å². The molecule has 5 nitrogen and oxygen atoms in total. The number of benzene rings is 2. The average molecular weight is 442 g/mol. The molecule has 1 heterocycles. The molecule has 0 spiro atoms. The van der Waals surface area contributed by atoms with Gasteiger partial charge in [-0.1, -0.05) is 29.8 Å². The van der Waals surface area contributed by atoms with Crippen molar-refractivity contribution in [3.63, 3.8) is 0 Å². The summed E-state index contributed by atoms with van der Waals surface area (Å²) in [4.78, 5) is 11.5. The summed E-state index contributed by atoms with van der Waals surface area (Å²) in [5.41, 5.74) is 1.89. The fraction of sp³-hybridized carbons (Fsp3) is 0.417. The van der Waals surface area contributed by atoms with Gasteiger partial charge in [-0.2, -0.15) is 4.98 Å². The number of anilines is 2. The van der Waals surface area contributed by atoms with Gasteiger partial charge < -0.3 is 15.5 Å². The molecule has 0 unspecified atom stereocenters. The summed E-state index contributed by atoms with van der Waals surface area (Å²) in [6, 6.07) is 13.1. The highest BCUT2D eigenvalue weighted by Crippen LogP contribution is 2.28. The van der Waals surface area contributed by atoms with E-state index in [1.807, 2.05) is 37.2 Å². The molecule has 1 aromatic heterocycles. The second-order valence-electron chi connectivity index (χ2n) is 8.51. The van der Waals surface area contributed by atoms with Crippen molar-refractivity contribution < 1.29 is 4.39 Å². The summed E-state index contributed by atoms with van der Waals surface area (Å²) in [6.45, 7) is 1.60. The van der Waals surface area contributed by atoms with E-state index < -0.39 is 0 Å². The van der Waals surface area contributed by atoms with Crippen molar-refractivity contribution in [2.24, 2.45) is 5.92 Å². The normalized spacial score (nSPS) is 18.8. The lowest BCUT2D eigenvalue weighted by molar-refractivity contribution is 0.324. The minimum atomic E-state index is -0.298. The largest absolute Gasteiger partial charge is 0.362 e. The lowest BCUT2D eigenvalue weighted by atomic mass is 9.86. The lowest BCUT2D eigenvalue weighted by Crippen LogP contribution is -2.31. The van der Waals surface area contributed by atoms with Crippen LogP contribution < -0.4 is 15.5 Å². The monoisotopic (exact) mass is 441 g/mol. The Hall–Kier alpha value is -2.44. The van der Waals surface area contributed by atoms with Crippen LogP contribution in [0.4, 0.5) is 16.2 Å². The van der Waals surface area contributed by atoms with Gasteiger partial charge in [-0.15, -0.1) is 0 Å². The Balaban J connectivity index is 1.29. The summed E-state index contributed by atoms with van der Waals surface area (Å²) < 4.78 is 13.2. The predicted molar refractivity (Wildman–Crippen MR) is 126 cm³/mol. The van der Waals surface area contributed by atoms with E-state index in [1.54, 1.807) is 6.07 Å². The molecule has 1 fully saturated rings. The van der Waals surface area contributed by atoms with E-state index in [9.17, 15) is 4.39 Å². The summed E-state index contributed by atoms with van der Waals surface area (Å²) in [6.07, 6.45) is 4.49. The molecule has 0 atom stereocenters. The van der Waals surface area contributed by atoms with Gasteiger partial charge in [0, 0.05) is 37.1 Å². The molecular formula is C24H29ClFN5. The van der Waals surface area contributed by atoms with Gasteiger partial charge in [0.1, 0.15) is 11.6 Å². The zero-order chi connectivity index (χ0) is 21.8. The summed E-state index contributed by atoms with van der Waals surface area (Å²) in [5, 5.41) is 8.58. The van der Waals surface area contributed by atoms with Crippen LogP contribution in [0.5, 0.6) is 0 Å². The number of halogens is 2. The zero-order valence-corrected chi connectivity index (χ0v) is 18.8. The summed E-state index contributed by atoms with van der Waals surface area (Å²) in [7, 11) is 4.02.